The highest BCUT2D eigenvalue weighted by Gasteiger charge is 2.14. The first-order valence-electron chi connectivity index (χ1n) is 8.10. The Bertz CT molecular complexity index is 896. The molecule has 124 valence electrons. The van der Waals surface area contributed by atoms with Crippen LogP contribution in [0.3, 0.4) is 0 Å². The molecule has 0 saturated carbocycles. The van der Waals surface area contributed by atoms with Crippen molar-refractivity contribution in [1.82, 2.24) is 4.98 Å². The van der Waals surface area contributed by atoms with E-state index in [9.17, 15) is 4.79 Å². The molecule has 0 aliphatic carbocycles. The van der Waals surface area contributed by atoms with Crippen LogP contribution in [0.2, 0.25) is 0 Å². The molecule has 0 radical (unpaired) electrons. The number of rotatable bonds is 4. The third-order valence-corrected chi connectivity index (χ3v) is 4.70. The number of hydrogen-bond donors (Lipinski definition) is 1. The summed E-state index contributed by atoms with van der Waals surface area (Å²) >= 11 is 3.62. The monoisotopic (exact) mass is 385 g/mol. The Kier molecular flexibility index (Phi) is 4.76. The summed E-state index contributed by atoms with van der Waals surface area (Å²) in [5.74, 6) is 0.127. The summed E-state index contributed by atoms with van der Waals surface area (Å²) in [5.41, 5.74) is 5.05. The number of carbonyl (C=O) groups is 1. The minimum Gasteiger partial charge on any atom is -0.462 e. The van der Waals surface area contributed by atoms with E-state index in [1.54, 1.807) is 6.07 Å². The van der Waals surface area contributed by atoms with Gasteiger partial charge >= 0.3 is 5.97 Å². The van der Waals surface area contributed by atoms with Crippen LogP contribution in [0.4, 0.5) is 0 Å². The topological polar surface area (TPSA) is 42.1 Å². The van der Waals surface area contributed by atoms with Gasteiger partial charge < -0.3 is 9.72 Å². The third kappa shape index (κ3) is 3.11. The minimum absolute atomic E-state index is 0.285. The SMILES string of the molecule is CCOC(=O)c1cccc(-c2ccc3[nH]c(Br)c(C(C)C)c3c2)c1. The first kappa shape index (κ1) is 16.8. The molecule has 0 saturated heterocycles. The normalized spacial score (nSPS) is 11.2. The summed E-state index contributed by atoms with van der Waals surface area (Å²) in [6.07, 6.45) is 0. The molecular formula is C20H20BrNO2. The van der Waals surface area contributed by atoms with Crippen molar-refractivity contribution in [2.45, 2.75) is 26.7 Å². The van der Waals surface area contributed by atoms with Gasteiger partial charge in [0, 0.05) is 10.9 Å². The number of ether oxygens (including phenoxy) is 1. The number of H-pyrrole nitrogens is 1. The maximum absolute atomic E-state index is 12.0. The summed E-state index contributed by atoms with van der Waals surface area (Å²) in [5, 5.41) is 1.20. The smallest absolute Gasteiger partial charge is 0.338 e. The molecule has 1 heterocycles. The Morgan fingerprint density at radius 3 is 2.62 bits per heavy atom. The van der Waals surface area contributed by atoms with Crippen LogP contribution in [-0.2, 0) is 4.74 Å². The van der Waals surface area contributed by atoms with Crippen LogP contribution in [-0.4, -0.2) is 17.6 Å². The van der Waals surface area contributed by atoms with E-state index in [-0.39, 0.29) is 5.97 Å². The Morgan fingerprint density at radius 2 is 1.92 bits per heavy atom. The molecule has 4 heteroatoms. The fourth-order valence-electron chi connectivity index (χ4n) is 2.96. The summed E-state index contributed by atoms with van der Waals surface area (Å²) in [6, 6.07) is 13.9. The summed E-state index contributed by atoms with van der Waals surface area (Å²) < 4.78 is 6.13. The summed E-state index contributed by atoms with van der Waals surface area (Å²) in [6.45, 7) is 6.56. The molecule has 1 aromatic heterocycles. The van der Waals surface area contributed by atoms with Crippen LogP contribution in [0.15, 0.2) is 47.1 Å². The van der Waals surface area contributed by atoms with Crippen molar-refractivity contribution < 1.29 is 9.53 Å². The fraction of sp³-hybridized carbons (Fsp3) is 0.250. The van der Waals surface area contributed by atoms with E-state index in [2.05, 4.69) is 53.0 Å². The Hall–Kier alpha value is -2.07. The van der Waals surface area contributed by atoms with Crippen molar-refractivity contribution in [2.75, 3.05) is 6.61 Å². The number of hydrogen-bond acceptors (Lipinski definition) is 2. The summed E-state index contributed by atoms with van der Waals surface area (Å²) in [4.78, 5) is 15.3. The number of aromatic nitrogens is 1. The molecule has 0 unspecified atom stereocenters. The van der Waals surface area contributed by atoms with Crippen LogP contribution >= 0.6 is 15.9 Å². The van der Waals surface area contributed by atoms with Gasteiger partial charge in [-0.05, 0) is 69.7 Å². The van der Waals surface area contributed by atoms with Crippen LogP contribution in [0.5, 0.6) is 0 Å². The molecule has 3 rings (SSSR count). The van der Waals surface area contributed by atoms with Crippen molar-refractivity contribution in [3.63, 3.8) is 0 Å². The molecular weight excluding hydrogens is 366 g/mol. The highest BCUT2D eigenvalue weighted by molar-refractivity contribution is 9.10. The van der Waals surface area contributed by atoms with E-state index in [0.717, 1.165) is 21.2 Å². The number of aromatic amines is 1. The lowest BCUT2D eigenvalue weighted by atomic mass is 9.97. The number of carbonyl (C=O) groups excluding carboxylic acids is 1. The average Bonchev–Trinajstić information content (AvgIpc) is 2.90. The number of halogens is 1. The van der Waals surface area contributed by atoms with Gasteiger partial charge in [-0.3, -0.25) is 0 Å². The van der Waals surface area contributed by atoms with Crippen LogP contribution < -0.4 is 0 Å². The van der Waals surface area contributed by atoms with E-state index in [1.807, 2.05) is 25.1 Å². The van der Waals surface area contributed by atoms with Crippen LogP contribution in [0, 0.1) is 0 Å². The lowest BCUT2D eigenvalue weighted by Crippen LogP contribution is -2.04. The zero-order chi connectivity index (χ0) is 17.3. The zero-order valence-corrected chi connectivity index (χ0v) is 15.6. The molecule has 3 nitrogen and oxygen atoms in total. The van der Waals surface area contributed by atoms with Gasteiger partial charge in [-0.1, -0.05) is 32.0 Å². The first-order chi connectivity index (χ1) is 11.5. The Labute approximate surface area is 150 Å². The summed E-state index contributed by atoms with van der Waals surface area (Å²) in [7, 11) is 0. The predicted molar refractivity (Wildman–Crippen MR) is 101 cm³/mol. The van der Waals surface area contributed by atoms with E-state index >= 15 is 0 Å². The maximum atomic E-state index is 12.0. The van der Waals surface area contributed by atoms with Crippen molar-refractivity contribution in [3.8, 4) is 11.1 Å². The van der Waals surface area contributed by atoms with Gasteiger partial charge in [0.05, 0.1) is 16.8 Å². The predicted octanol–water partition coefficient (Wildman–Crippen LogP) is 5.90. The highest BCUT2D eigenvalue weighted by atomic mass is 79.9. The zero-order valence-electron chi connectivity index (χ0n) is 14.0. The number of esters is 1. The molecule has 0 fully saturated rings. The van der Waals surface area contributed by atoms with E-state index < -0.39 is 0 Å². The molecule has 1 N–H and O–H groups in total. The second kappa shape index (κ2) is 6.81. The molecule has 0 bridgehead atoms. The van der Waals surface area contributed by atoms with Gasteiger partial charge in [0.25, 0.3) is 0 Å². The highest BCUT2D eigenvalue weighted by Crippen LogP contribution is 2.35. The average molecular weight is 386 g/mol. The van der Waals surface area contributed by atoms with Crippen LogP contribution in [0.1, 0.15) is 42.6 Å². The molecule has 0 aliphatic heterocycles. The van der Waals surface area contributed by atoms with Crippen molar-refractivity contribution in [3.05, 3.63) is 58.2 Å². The van der Waals surface area contributed by atoms with Gasteiger partial charge in [0.1, 0.15) is 0 Å². The molecule has 2 aromatic carbocycles. The number of benzene rings is 2. The first-order valence-corrected chi connectivity index (χ1v) is 8.89. The van der Waals surface area contributed by atoms with Crippen molar-refractivity contribution >= 4 is 32.8 Å². The second-order valence-corrected chi connectivity index (χ2v) is 6.86. The molecule has 0 aliphatic rings. The molecule has 0 spiro atoms. The fourth-order valence-corrected chi connectivity index (χ4v) is 3.85. The van der Waals surface area contributed by atoms with Gasteiger partial charge in [0.2, 0.25) is 0 Å². The van der Waals surface area contributed by atoms with E-state index in [0.29, 0.717) is 18.1 Å². The number of fused-ring (bicyclic) bond motifs is 1. The maximum Gasteiger partial charge on any atom is 0.338 e. The third-order valence-electron chi connectivity index (χ3n) is 4.08. The van der Waals surface area contributed by atoms with Gasteiger partial charge in [-0.2, -0.15) is 0 Å². The molecule has 0 amide bonds. The molecule has 3 aromatic rings. The van der Waals surface area contributed by atoms with Crippen molar-refractivity contribution in [2.24, 2.45) is 0 Å². The minimum atomic E-state index is -0.285. The lowest BCUT2D eigenvalue weighted by Gasteiger charge is -2.08. The number of nitrogens with one attached hydrogen (secondary N) is 1. The van der Waals surface area contributed by atoms with Gasteiger partial charge in [0.15, 0.2) is 0 Å². The largest absolute Gasteiger partial charge is 0.462 e. The van der Waals surface area contributed by atoms with E-state index in [4.69, 9.17) is 4.74 Å². The molecule has 0 atom stereocenters. The molecule has 24 heavy (non-hydrogen) atoms. The van der Waals surface area contributed by atoms with E-state index in [1.165, 1.54) is 10.9 Å². The standard InChI is InChI=1S/C20H20BrNO2/c1-4-24-20(23)15-7-5-6-13(10-15)14-8-9-17-16(11-14)18(12(2)3)19(21)22-17/h5-12,22H,4H2,1-3H3. The van der Waals surface area contributed by atoms with Gasteiger partial charge in [-0.15, -0.1) is 0 Å². The van der Waals surface area contributed by atoms with Gasteiger partial charge in [-0.25, -0.2) is 4.79 Å². The quantitative estimate of drug-likeness (QED) is 0.568. The lowest BCUT2D eigenvalue weighted by molar-refractivity contribution is 0.0526. The Morgan fingerprint density at radius 1 is 1.17 bits per heavy atom. The van der Waals surface area contributed by atoms with Crippen LogP contribution in [0.25, 0.3) is 22.0 Å². The van der Waals surface area contributed by atoms with Crippen molar-refractivity contribution in [1.29, 1.82) is 0 Å². The second-order valence-electron chi connectivity index (χ2n) is 6.07. The Balaban J connectivity index is 2.08.